The van der Waals surface area contributed by atoms with Gasteiger partial charge in [0.15, 0.2) is 21.5 Å². The standard InChI is InChI=1S/C21H25N5O4S/c1-13-12-30-10-9-26(13)20-18-17(8-11-31(18,28)29)24-19(25-20)14-2-4-15(5-3-14)22-21(27)23-16-6-7-16/h2-5,13,16H,6-12H2,1H3,(H2,22,23,27)/t13-/m0/s1. The Labute approximate surface area is 181 Å². The first kappa shape index (κ1) is 20.2. The number of hydrogen-bond acceptors (Lipinski definition) is 7. The molecular weight excluding hydrogens is 418 g/mol. The molecule has 164 valence electrons. The summed E-state index contributed by atoms with van der Waals surface area (Å²) in [5.41, 5.74) is 2.01. The second kappa shape index (κ2) is 7.76. The van der Waals surface area contributed by atoms with Crippen LogP contribution in [-0.2, 0) is 21.0 Å². The molecule has 31 heavy (non-hydrogen) atoms. The first-order valence-electron chi connectivity index (χ1n) is 10.6. The number of sulfone groups is 1. The minimum absolute atomic E-state index is 0.0213. The fourth-order valence-corrected chi connectivity index (χ4v) is 5.57. The summed E-state index contributed by atoms with van der Waals surface area (Å²) in [4.78, 5) is 23.5. The first-order chi connectivity index (χ1) is 14.9. The van der Waals surface area contributed by atoms with E-state index in [0.717, 1.165) is 18.4 Å². The summed E-state index contributed by atoms with van der Waals surface area (Å²) in [6, 6.07) is 7.37. The molecule has 1 saturated carbocycles. The maximum absolute atomic E-state index is 12.7. The zero-order valence-corrected chi connectivity index (χ0v) is 18.1. The molecule has 0 radical (unpaired) electrons. The third kappa shape index (κ3) is 4.09. The van der Waals surface area contributed by atoms with Crippen LogP contribution in [0.4, 0.5) is 16.3 Å². The predicted molar refractivity (Wildman–Crippen MR) is 116 cm³/mol. The van der Waals surface area contributed by atoms with Gasteiger partial charge in [-0.3, -0.25) is 0 Å². The lowest BCUT2D eigenvalue weighted by Gasteiger charge is -2.35. The number of morpholine rings is 1. The quantitative estimate of drug-likeness (QED) is 0.743. The summed E-state index contributed by atoms with van der Waals surface area (Å²) < 4.78 is 30.9. The van der Waals surface area contributed by atoms with E-state index >= 15 is 0 Å². The van der Waals surface area contributed by atoms with Crippen molar-refractivity contribution in [2.24, 2.45) is 0 Å². The van der Waals surface area contributed by atoms with Gasteiger partial charge in [-0.1, -0.05) is 0 Å². The largest absolute Gasteiger partial charge is 0.377 e. The fraction of sp³-hybridized carbons (Fsp3) is 0.476. The number of amides is 2. The summed E-state index contributed by atoms with van der Waals surface area (Å²) >= 11 is 0. The molecule has 2 N–H and O–H groups in total. The second-order valence-electron chi connectivity index (χ2n) is 8.28. The number of nitrogens with zero attached hydrogens (tertiary/aromatic N) is 3. The Kier molecular flexibility index (Phi) is 5.05. The molecule has 0 unspecified atom stereocenters. The van der Waals surface area contributed by atoms with E-state index in [2.05, 4.69) is 15.6 Å². The topological polar surface area (TPSA) is 114 Å². The lowest BCUT2D eigenvalue weighted by atomic mass is 10.1. The zero-order chi connectivity index (χ0) is 21.6. The van der Waals surface area contributed by atoms with Gasteiger partial charge in [-0.05, 0) is 44.0 Å². The van der Waals surface area contributed by atoms with E-state index in [9.17, 15) is 13.2 Å². The molecule has 2 aliphatic heterocycles. The number of urea groups is 1. The summed E-state index contributed by atoms with van der Waals surface area (Å²) in [5, 5.41) is 5.71. The van der Waals surface area contributed by atoms with Gasteiger partial charge in [0.05, 0.1) is 30.7 Å². The Hall–Kier alpha value is -2.72. The molecule has 10 heteroatoms. The van der Waals surface area contributed by atoms with Crippen molar-refractivity contribution in [1.29, 1.82) is 0 Å². The van der Waals surface area contributed by atoms with Gasteiger partial charge in [0, 0.05) is 30.3 Å². The molecule has 9 nitrogen and oxygen atoms in total. The van der Waals surface area contributed by atoms with Gasteiger partial charge >= 0.3 is 6.03 Å². The molecule has 3 aliphatic rings. The van der Waals surface area contributed by atoms with Crippen molar-refractivity contribution < 1.29 is 17.9 Å². The Morgan fingerprint density at radius 3 is 2.68 bits per heavy atom. The third-order valence-corrected chi connectivity index (χ3v) is 7.57. The highest BCUT2D eigenvalue weighted by atomic mass is 32.2. The predicted octanol–water partition coefficient (Wildman–Crippen LogP) is 1.98. The van der Waals surface area contributed by atoms with E-state index in [1.54, 1.807) is 12.1 Å². The molecular formula is C21H25N5O4S. The summed E-state index contributed by atoms with van der Waals surface area (Å²) in [7, 11) is -3.40. The molecule has 0 spiro atoms. The molecule has 3 heterocycles. The van der Waals surface area contributed by atoms with Crippen molar-refractivity contribution in [3.05, 3.63) is 30.0 Å². The van der Waals surface area contributed by atoms with Gasteiger partial charge in [-0.2, -0.15) is 0 Å². The van der Waals surface area contributed by atoms with Crippen molar-refractivity contribution >= 4 is 27.4 Å². The molecule has 2 aromatic rings. The fourth-order valence-electron chi connectivity index (χ4n) is 3.95. The number of carbonyl (C=O) groups is 1. The van der Waals surface area contributed by atoms with E-state index in [1.807, 2.05) is 24.0 Å². The number of hydrogen-bond donors (Lipinski definition) is 2. The number of rotatable bonds is 4. The SMILES string of the molecule is C[C@H]1COCCN1c1nc(-c2ccc(NC(=O)NC3CC3)cc2)nc2c1S(=O)(=O)CC2. The maximum Gasteiger partial charge on any atom is 0.319 e. The van der Waals surface area contributed by atoms with E-state index < -0.39 is 9.84 Å². The average molecular weight is 444 g/mol. The summed E-state index contributed by atoms with van der Waals surface area (Å²) in [6.45, 7) is 3.64. The monoisotopic (exact) mass is 443 g/mol. The smallest absolute Gasteiger partial charge is 0.319 e. The third-order valence-electron chi connectivity index (χ3n) is 5.79. The van der Waals surface area contributed by atoms with E-state index in [4.69, 9.17) is 9.72 Å². The van der Waals surface area contributed by atoms with Gasteiger partial charge in [0.1, 0.15) is 4.90 Å². The molecule has 1 atom stereocenters. The van der Waals surface area contributed by atoms with Gasteiger partial charge in [0.25, 0.3) is 0 Å². The van der Waals surface area contributed by atoms with Crippen LogP contribution in [0, 0.1) is 0 Å². The van der Waals surface area contributed by atoms with E-state index in [0.29, 0.717) is 49.2 Å². The van der Waals surface area contributed by atoms with Crippen LogP contribution in [0.2, 0.25) is 0 Å². The highest BCUT2D eigenvalue weighted by Gasteiger charge is 2.36. The van der Waals surface area contributed by atoms with Crippen LogP contribution in [0.3, 0.4) is 0 Å². The van der Waals surface area contributed by atoms with Gasteiger partial charge < -0.3 is 20.3 Å². The normalized spacial score (nSPS) is 22.1. The zero-order valence-electron chi connectivity index (χ0n) is 17.3. The van der Waals surface area contributed by atoms with Crippen LogP contribution in [0.15, 0.2) is 29.2 Å². The molecule has 0 bridgehead atoms. The molecule has 1 saturated heterocycles. The van der Waals surface area contributed by atoms with Crippen molar-refractivity contribution in [3.8, 4) is 11.4 Å². The number of ether oxygens (including phenoxy) is 1. The highest BCUT2D eigenvalue weighted by molar-refractivity contribution is 7.91. The van der Waals surface area contributed by atoms with Crippen LogP contribution in [0.5, 0.6) is 0 Å². The lowest BCUT2D eigenvalue weighted by Crippen LogP contribution is -2.44. The number of carbonyl (C=O) groups excluding carboxylic acids is 1. The molecule has 2 fully saturated rings. The number of aryl methyl sites for hydroxylation is 1. The number of nitrogens with one attached hydrogen (secondary N) is 2. The van der Waals surface area contributed by atoms with Crippen molar-refractivity contribution in [2.45, 2.75) is 43.2 Å². The Morgan fingerprint density at radius 2 is 1.97 bits per heavy atom. The Bertz CT molecular complexity index is 1120. The minimum atomic E-state index is -3.40. The van der Waals surface area contributed by atoms with Gasteiger partial charge in [0.2, 0.25) is 0 Å². The van der Waals surface area contributed by atoms with E-state index in [-0.39, 0.29) is 28.8 Å². The van der Waals surface area contributed by atoms with Crippen molar-refractivity contribution in [3.63, 3.8) is 0 Å². The van der Waals surface area contributed by atoms with Crippen molar-refractivity contribution in [1.82, 2.24) is 15.3 Å². The van der Waals surface area contributed by atoms with Crippen LogP contribution < -0.4 is 15.5 Å². The van der Waals surface area contributed by atoms with Crippen LogP contribution in [0.25, 0.3) is 11.4 Å². The van der Waals surface area contributed by atoms with Gasteiger partial charge in [-0.25, -0.2) is 23.2 Å². The molecule has 1 aromatic heterocycles. The molecule has 1 aliphatic carbocycles. The average Bonchev–Trinajstić information content (AvgIpc) is 3.50. The minimum Gasteiger partial charge on any atom is -0.377 e. The van der Waals surface area contributed by atoms with Gasteiger partial charge in [-0.15, -0.1) is 0 Å². The number of anilines is 2. The maximum atomic E-state index is 12.7. The van der Waals surface area contributed by atoms with Crippen LogP contribution in [-0.4, -0.2) is 62.0 Å². The second-order valence-corrected chi connectivity index (χ2v) is 10.3. The highest BCUT2D eigenvalue weighted by Crippen LogP contribution is 2.36. The molecule has 2 amide bonds. The lowest BCUT2D eigenvalue weighted by molar-refractivity contribution is 0.0982. The molecule has 1 aromatic carbocycles. The number of aromatic nitrogens is 2. The van der Waals surface area contributed by atoms with Crippen molar-refractivity contribution in [2.75, 3.05) is 35.7 Å². The van der Waals surface area contributed by atoms with Crippen LogP contribution >= 0.6 is 0 Å². The summed E-state index contributed by atoms with van der Waals surface area (Å²) in [5.74, 6) is 1.02. The number of fused-ring (bicyclic) bond motifs is 1. The Morgan fingerprint density at radius 1 is 1.19 bits per heavy atom. The number of benzene rings is 1. The first-order valence-corrected chi connectivity index (χ1v) is 12.2. The Balaban J connectivity index is 1.47. The van der Waals surface area contributed by atoms with E-state index in [1.165, 1.54) is 0 Å². The summed E-state index contributed by atoms with van der Waals surface area (Å²) in [6.07, 6.45) is 2.45. The van der Waals surface area contributed by atoms with Crippen LogP contribution in [0.1, 0.15) is 25.5 Å². The molecule has 5 rings (SSSR count).